The maximum Gasteiger partial charge on any atom is 0.306 e. The minimum absolute atomic E-state index is 0.0112. The number of halogens is 1. The highest BCUT2D eigenvalue weighted by Gasteiger charge is 2.31. The largest absolute Gasteiger partial charge is 0.322 e. The molecule has 0 bridgehead atoms. The third kappa shape index (κ3) is 4.34. The van der Waals surface area contributed by atoms with Crippen LogP contribution in [0, 0.1) is 22.9 Å². The molecule has 2 aromatic carbocycles. The highest BCUT2D eigenvalue weighted by atomic mass is 32.2. The summed E-state index contributed by atoms with van der Waals surface area (Å²) in [7, 11) is -3.77. The molecule has 30 heavy (non-hydrogen) atoms. The van der Waals surface area contributed by atoms with E-state index >= 15 is 0 Å². The first-order valence-electron chi connectivity index (χ1n) is 9.49. The molecule has 1 amide bonds. The molecule has 1 atom stereocenters. The number of amides is 1. The van der Waals surface area contributed by atoms with E-state index in [4.69, 9.17) is 0 Å². The second kappa shape index (κ2) is 8.49. The molecule has 1 heterocycles. The van der Waals surface area contributed by atoms with E-state index in [1.54, 1.807) is 13.0 Å². The van der Waals surface area contributed by atoms with Gasteiger partial charge in [0.15, 0.2) is 0 Å². The third-order valence-electron chi connectivity index (χ3n) is 5.20. The Balaban J connectivity index is 1.91. The number of piperidine rings is 1. The molecule has 3 rings (SSSR count). The zero-order valence-electron chi connectivity index (χ0n) is 16.6. The molecule has 0 spiro atoms. The molecule has 1 N–H and O–H groups in total. The molecule has 0 radical (unpaired) electrons. The van der Waals surface area contributed by atoms with Gasteiger partial charge in [-0.25, -0.2) is 8.42 Å². The van der Waals surface area contributed by atoms with E-state index < -0.39 is 32.4 Å². The summed E-state index contributed by atoms with van der Waals surface area (Å²) in [5, 5.41) is 13.4. The first kappa shape index (κ1) is 21.8. The van der Waals surface area contributed by atoms with Crippen LogP contribution in [0.3, 0.4) is 0 Å². The summed E-state index contributed by atoms with van der Waals surface area (Å²) in [6, 6.07) is 7.19. The van der Waals surface area contributed by atoms with Crippen molar-refractivity contribution in [2.75, 3.05) is 11.9 Å². The van der Waals surface area contributed by atoms with E-state index in [1.807, 2.05) is 6.92 Å². The topological polar surface area (TPSA) is 110 Å². The van der Waals surface area contributed by atoms with Gasteiger partial charge < -0.3 is 5.32 Å². The van der Waals surface area contributed by atoms with E-state index in [0.29, 0.717) is 12.1 Å². The second-order valence-corrected chi connectivity index (χ2v) is 9.21. The Labute approximate surface area is 173 Å². The number of carbonyl (C=O) groups is 1. The minimum atomic E-state index is -3.77. The Morgan fingerprint density at radius 1 is 1.23 bits per heavy atom. The van der Waals surface area contributed by atoms with Crippen LogP contribution in [0.1, 0.15) is 42.1 Å². The Kier molecular flexibility index (Phi) is 6.18. The van der Waals surface area contributed by atoms with E-state index in [2.05, 4.69) is 5.32 Å². The van der Waals surface area contributed by atoms with Crippen molar-refractivity contribution < 1.29 is 22.5 Å². The number of rotatable bonds is 5. The van der Waals surface area contributed by atoms with Crippen LogP contribution < -0.4 is 5.32 Å². The van der Waals surface area contributed by atoms with Crippen molar-refractivity contribution in [3.8, 4) is 0 Å². The SMILES string of the molecule is Cc1ccc(S(=O)(=O)N2CCCCC2C)cc1C(=O)Nc1ccc(F)c([N+](=O)[O-])c1. The quantitative estimate of drug-likeness (QED) is 0.567. The molecule has 8 nitrogen and oxygen atoms in total. The third-order valence-corrected chi connectivity index (χ3v) is 7.21. The lowest BCUT2D eigenvalue weighted by Crippen LogP contribution is -2.42. The summed E-state index contributed by atoms with van der Waals surface area (Å²) >= 11 is 0. The number of nitrogens with zero attached hydrogens (tertiary/aromatic N) is 2. The van der Waals surface area contributed by atoms with Crippen LogP contribution in [0.4, 0.5) is 15.8 Å². The lowest BCUT2D eigenvalue weighted by atomic mass is 10.1. The minimum Gasteiger partial charge on any atom is -0.322 e. The Hall–Kier alpha value is -2.85. The molecule has 160 valence electrons. The van der Waals surface area contributed by atoms with Gasteiger partial charge in [0.2, 0.25) is 15.8 Å². The maximum atomic E-state index is 13.5. The van der Waals surface area contributed by atoms with Gasteiger partial charge in [0.1, 0.15) is 0 Å². The molecule has 1 aliphatic rings. The van der Waals surface area contributed by atoms with Crippen molar-refractivity contribution in [1.29, 1.82) is 0 Å². The van der Waals surface area contributed by atoms with Crippen molar-refractivity contribution in [3.05, 3.63) is 63.5 Å². The number of carbonyl (C=O) groups excluding carboxylic acids is 1. The van der Waals surface area contributed by atoms with E-state index in [1.165, 1.54) is 22.5 Å². The van der Waals surface area contributed by atoms with Gasteiger partial charge in [-0.15, -0.1) is 0 Å². The number of sulfonamides is 1. The molecular formula is C20H22FN3O5S. The molecule has 1 unspecified atom stereocenters. The van der Waals surface area contributed by atoms with Crippen molar-refractivity contribution in [3.63, 3.8) is 0 Å². The molecule has 1 fully saturated rings. The van der Waals surface area contributed by atoms with Crippen LogP contribution >= 0.6 is 0 Å². The molecule has 0 aliphatic carbocycles. The Morgan fingerprint density at radius 2 is 1.97 bits per heavy atom. The van der Waals surface area contributed by atoms with Crippen LogP contribution in [0.5, 0.6) is 0 Å². The van der Waals surface area contributed by atoms with Crippen molar-refractivity contribution in [2.24, 2.45) is 0 Å². The number of nitro benzene ring substituents is 1. The number of benzene rings is 2. The van der Waals surface area contributed by atoms with Crippen molar-refractivity contribution >= 4 is 27.3 Å². The molecule has 0 saturated carbocycles. The fraction of sp³-hybridized carbons (Fsp3) is 0.350. The predicted octanol–water partition coefficient (Wildman–Crippen LogP) is 3.86. The zero-order chi connectivity index (χ0) is 22.1. The van der Waals surface area contributed by atoms with E-state index in [0.717, 1.165) is 31.4 Å². The normalized spacial score (nSPS) is 17.5. The fourth-order valence-corrected chi connectivity index (χ4v) is 5.23. The van der Waals surface area contributed by atoms with Gasteiger partial charge >= 0.3 is 5.69 Å². The van der Waals surface area contributed by atoms with Gasteiger partial charge in [-0.2, -0.15) is 8.70 Å². The van der Waals surface area contributed by atoms with Gasteiger partial charge in [0, 0.05) is 29.9 Å². The Bertz CT molecular complexity index is 1100. The Morgan fingerprint density at radius 3 is 2.63 bits per heavy atom. The maximum absolute atomic E-state index is 13.5. The van der Waals surface area contributed by atoms with Crippen LogP contribution in [0.2, 0.25) is 0 Å². The highest BCUT2D eigenvalue weighted by molar-refractivity contribution is 7.89. The van der Waals surface area contributed by atoms with E-state index in [9.17, 15) is 27.7 Å². The van der Waals surface area contributed by atoms with Gasteiger partial charge in [-0.1, -0.05) is 12.5 Å². The van der Waals surface area contributed by atoms with Gasteiger partial charge in [0.25, 0.3) is 5.91 Å². The average molecular weight is 435 g/mol. The fourth-order valence-electron chi connectivity index (χ4n) is 3.50. The molecular weight excluding hydrogens is 413 g/mol. The summed E-state index contributed by atoms with van der Waals surface area (Å²) in [5.41, 5.74) is -0.0761. The van der Waals surface area contributed by atoms with Gasteiger partial charge in [0.05, 0.1) is 9.82 Å². The van der Waals surface area contributed by atoms with Gasteiger partial charge in [-0.05, 0) is 56.5 Å². The molecule has 2 aromatic rings. The first-order valence-corrected chi connectivity index (χ1v) is 10.9. The zero-order valence-corrected chi connectivity index (χ0v) is 17.4. The number of aryl methyl sites for hydroxylation is 1. The lowest BCUT2D eigenvalue weighted by Gasteiger charge is -2.32. The van der Waals surface area contributed by atoms with E-state index in [-0.39, 0.29) is 22.2 Å². The van der Waals surface area contributed by atoms with Crippen molar-refractivity contribution in [2.45, 2.75) is 44.0 Å². The van der Waals surface area contributed by atoms with Crippen LogP contribution in [0.15, 0.2) is 41.3 Å². The number of nitro groups is 1. The predicted molar refractivity (Wildman–Crippen MR) is 109 cm³/mol. The summed E-state index contributed by atoms with van der Waals surface area (Å²) < 4.78 is 41.1. The molecule has 1 aliphatic heterocycles. The summed E-state index contributed by atoms with van der Waals surface area (Å²) in [4.78, 5) is 22.8. The monoisotopic (exact) mass is 435 g/mol. The standard InChI is InChI=1S/C20H22FN3O5S/c1-13-6-8-16(30(28,29)23-10-4-3-5-14(23)2)12-17(13)20(25)22-15-7-9-18(21)19(11-15)24(26)27/h6-9,11-12,14H,3-5,10H2,1-2H3,(H,22,25). The second-order valence-electron chi connectivity index (χ2n) is 7.31. The number of hydrogen-bond acceptors (Lipinski definition) is 5. The van der Waals surface area contributed by atoms with Crippen molar-refractivity contribution in [1.82, 2.24) is 4.31 Å². The number of nitrogens with one attached hydrogen (secondary N) is 1. The number of hydrogen-bond donors (Lipinski definition) is 1. The highest BCUT2D eigenvalue weighted by Crippen LogP contribution is 2.27. The average Bonchev–Trinajstić information content (AvgIpc) is 2.69. The van der Waals surface area contributed by atoms with Crippen LogP contribution in [0.25, 0.3) is 0 Å². The van der Waals surface area contributed by atoms with Crippen LogP contribution in [-0.4, -0.2) is 36.1 Å². The van der Waals surface area contributed by atoms with Gasteiger partial charge in [-0.3, -0.25) is 14.9 Å². The first-order chi connectivity index (χ1) is 14.1. The molecule has 10 heteroatoms. The summed E-state index contributed by atoms with van der Waals surface area (Å²) in [6.45, 7) is 3.94. The van der Waals surface area contributed by atoms with Crippen LogP contribution in [-0.2, 0) is 10.0 Å². The summed E-state index contributed by atoms with van der Waals surface area (Å²) in [5.74, 6) is -1.66. The number of anilines is 1. The summed E-state index contributed by atoms with van der Waals surface area (Å²) in [6.07, 6.45) is 2.53. The smallest absolute Gasteiger partial charge is 0.306 e. The lowest BCUT2D eigenvalue weighted by molar-refractivity contribution is -0.387. The molecule has 0 aromatic heterocycles. The molecule has 1 saturated heterocycles.